The molecule has 0 saturated carbocycles. The van der Waals surface area contributed by atoms with Crippen molar-refractivity contribution in [2.45, 2.75) is 24.8 Å². The van der Waals surface area contributed by atoms with Crippen molar-refractivity contribution < 1.29 is 4.74 Å². The van der Waals surface area contributed by atoms with Crippen molar-refractivity contribution in [3.8, 4) is 0 Å². The van der Waals surface area contributed by atoms with Gasteiger partial charge in [0.15, 0.2) is 0 Å². The summed E-state index contributed by atoms with van der Waals surface area (Å²) in [6.45, 7) is 2.20. The van der Waals surface area contributed by atoms with E-state index in [0.717, 1.165) is 6.42 Å². The van der Waals surface area contributed by atoms with Gasteiger partial charge < -0.3 is 4.74 Å². The lowest BCUT2D eigenvalue weighted by Gasteiger charge is -2.16. The summed E-state index contributed by atoms with van der Waals surface area (Å²) >= 11 is 5.86. The van der Waals surface area contributed by atoms with Crippen LogP contribution < -0.4 is 5.30 Å². The Balaban J connectivity index is 2.04. The van der Waals surface area contributed by atoms with E-state index in [-0.39, 0.29) is 5.60 Å². The molecule has 0 unspecified atom stereocenters. The van der Waals surface area contributed by atoms with Gasteiger partial charge in [0, 0.05) is 6.04 Å². The first-order chi connectivity index (χ1) is 6.65. The number of fused-ring (bicyclic) bond motifs is 1. The molecule has 0 amide bonds. The Hall–Kier alpha value is -0.170. The molecular formula is C11H13OPS. The Bertz CT molecular complexity index is 417. The van der Waals surface area contributed by atoms with Gasteiger partial charge in [-0.15, -0.1) is 0 Å². The van der Waals surface area contributed by atoms with Gasteiger partial charge in [-0.1, -0.05) is 42.1 Å². The normalized spacial score (nSPS) is 44.8. The van der Waals surface area contributed by atoms with Gasteiger partial charge in [-0.2, -0.15) is 0 Å². The summed E-state index contributed by atoms with van der Waals surface area (Å²) in [6, 6.07) is 9.18. The van der Waals surface area contributed by atoms with Crippen LogP contribution in [-0.2, 0) is 16.5 Å². The van der Waals surface area contributed by atoms with Crippen molar-refractivity contribution in [3.05, 3.63) is 30.3 Å². The lowest BCUT2D eigenvalue weighted by molar-refractivity contribution is 0.309. The van der Waals surface area contributed by atoms with Crippen molar-refractivity contribution in [3.63, 3.8) is 0 Å². The van der Waals surface area contributed by atoms with Crippen molar-refractivity contribution in [2.24, 2.45) is 0 Å². The molecule has 0 N–H and O–H groups in total. The van der Waals surface area contributed by atoms with E-state index in [2.05, 4.69) is 31.2 Å². The number of ether oxygens (including phenoxy) is 1. The van der Waals surface area contributed by atoms with E-state index < -0.39 is 6.04 Å². The fraction of sp³-hybridized carbons (Fsp3) is 0.455. The van der Waals surface area contributed by atoms with Crippen LogP contribution in [0.2, 0.25) is 0 Å². The van der Waals surface area contributed by atoms with Crippen LogP contribution in [0.1, 0.15) is 13.3 Å². The van der Waals surface area contributed by atoms with E-state index in [1.807, 2.05) is 6.07 Å². The zero-order chi connectivity index (χ0) is 9.81. The lowest BCUT2D eigenvalue weighted by atomic mass is 10.1. The molecular weight excluding hydrogens is 211 g/mol. The van der Waals surface area contributed by atoms with Gasteiger partial charge in [0.05, 0.1) is 5.60 Å². The minimum absolute atomic E-state index is 0.144. The smallest absolute Gasteiger partial charge is 0.119 e. The van der Waals surface area contributed by atoms with Gasteiger partial charge in [0.25, 0.3) is 0 Å². The summed E-state index contributed by atoms with van der Waals surface area (Å²) < 4.78 is 5.76. The number of rotatable bonds is 1. The van der Waals surface area contributed by atoms with Crippen LogP contribution in [0.4, 0.5) is 0 Å². The Morgan fingerprint density at radius 3 is 2.64 bits per heavy atom. The molecule has 3 rings (SSSR count). The van der Waals surface area contributed by atoms with Crippen LogP contribution in [0.15, 0.2) is 30.3 Å². The highest BCUT2D eigenvalue weighted by Crippen LogP contribution is 2.71. The molecule has 1 nitrogen and oxygen atoms in total. The fourth-order valence-electron chi connectivity index (χ4n) is 2.38. The van der Waals surface area contributed by atoms with E-state index >= 15 is 0 Å². The summed E-state index contributed by atoms with van der Waals surface area (Å²) in [5, 5.41) is 1.36. The van der Waals surface area contributed by atoms with Crippen molar-refractivity contribution in [1.29, 1.82) is 0 Å². The van der Waals surface area contributed by atoms with Crippen LogP contribution in [0.25, 0.3) is 0 Å². The molecule has 74 valence electrons. The molecule has 3 heteroatoms. The second-order valence-electron chi connectivity index (χ2n) is 4.39. The average Bonchev–Trinajstić information content (AvgIpc) is 2.84. The van der Waals surface area contributed by atoms with Crippen LogP contribution in [-0.4, -0.2) is 17.6 Å². The fourth-order valence-corrected chi connectivity index (χ4v) is 7.46. The molecule has 1 aromatic carbocycles. The largest absolute Gasteiger partial charge is 0.360 e. The maximum Gasteiger partial charge on any atom is 0.119 e. The Labute approximate surface area is 89.5 Å². The quantitative estimate of drug-likeness (QED) is 0.536. The van der Waals surface area contributed by atoms with Crippen LogP contribution in [0.3, 0.4) is 0 Å². The molecule has 3 atom stereocenters. The number of benzene rings is 1. The molecule has 2 aliphatic heterocycles. The lowest BCUT2D eigenvalue weighted by Crippen LogP contribution is -2.07. The number of hydrogen-bond donors (Lipinski definition) is 0. The van der Waals surface area contributed by atoms with E-state index in [9.17, 15) is 0 Å². The first kappa shape index (κ1) is 9.08. The molecule has 0 radical (unpaired) electrons. The summed E-state index contributed by atoms with van der Waals surface area (Å²) in [5.41, 5.74) is 0.144. The first-order valence-corrected chi connectivity index (χ1v) is 8.03. The number of epoxide rings is 1. The predicted octanol–water partition coefficient (Wildman–Crippen LogP) is 2.31. The van der Waals surface area contributed by atoms with Crippen LogP contribution in [0.5, 0.6) is 0 Å². The second-order valence-corrected chi connectivity index (χ2v) is 9.37. The monoisotopic (exact) mass is 224 g/mol. The predicted molar refractivity (Wildman–Crippen MR) is 63.1 cm³/mol. The molecule has 0 aromatic heterocycles. The SMILES string of the molecule is C[C@@]12CC[P@@](=S)(c3ccccc3)[C@@H]1O2. The number of hydrogen-bond acceptors (Lipinski definition) is 2. The van der Waals surface area contributed by atoms with Gasteiger partial charge in [-0.25, -0.2) is 0 Å². The Morgan fingerprint density at radius 1 is 1.43 bits per heavy atom. The average molecular weight is 224 g/mol. The standard InChI is InChI=1S/C11H13OPS/c1-11-7-8-13(14,10(11)12-11)9-5-3-2-4-6-9/h2-6,10H,7-8H2,1H3/t10-,11+,13+/m0/s1. The zero-order valence-corrected chi connectivity index (χ0v) is 9.85. The van der Waals surface area contributed by atoms with Crippen LogP contribution >= 0.6 is 6.04 Å². The van der Waals surface area contributed by atoms with Crippen molar-refractivity contribution >= 4 is 23.1 Å². The van der Waals surface area contributed by atoms with Crippen molar-refractivity contribution in [1.82, 2.24) is 0 Å². The highest BCUT2D eigenvalue weighted by Gasteiger charge is 2.64. The molecule has 1 aromatic rings. The van der Waals surface area contributed by atoms with Crippen LogP contribution in [0, 0.1) is 0 Å². The van der Waals surface area contributed by atoms with Gasteiger partial charge in [0.2, 0.25) is 0 Å². The molecule has 0 bridgehead atoms. The second kappa shape index (κ2) is 2.69. The van der Waals surface area contributed by atoms with Gasteiger partial charge in [-0.3, -0.25) is 0 Å². The Morgan fingerprint density at radius 2 is 2.14 bits per heavy atom. The highest BCUT2D eigenvalue weighted by molar-refractivity contribution is 8.18. The summed E-state index contributed by atoms with van der Waals surface area (Å²) in [5.74, 6) is 0.382. The van der Waals surface area contributed by atoms with E-state index in [1.54, 1.807) is 0 Å². The molecule has 0 spiro atoms. The molecule has 2 fully saturated rings. The third kappa shape index (κ3) is 1.08. The zero-order valence-electron chi connectivity index (χ0n) is 8.14. The molecule has 2 aliphatic rings. The third-order valence-corrected chi connectivity index (χ3v) is 8.58. The van der Waals surface area contributed by atoms with E-state index in [4.69, 9.17) is 16.5 Å². The summed E-state index contributed by atoms with van der Waals surface area (Å²) in [4.78, 5) is 0. The third-order valence-electron chi connectivity index (χ3n) is 3.36. The van der Waals surface area contributed by atoms with Crippen molar-refractivity contribution in [2.75, 3.05) is 6.16 Å². The highest BCUT2D eigenvalue weighted by atomic mass is 32.4. The summed E-state index contributed by atoms with van der Waals surface area (Å²) in [6.07, 6.45) is 2.34. The summed E-state index contributed by atoms with van der Waals surface area (Å²) in [7, 11) is 0. The first-order valence-electron chi connectivity index (χ1n) is 4.97. The topological polar surface area (TPSA) is 12.5 Å². The molecule has 0 aliphatic carbocycles. The minimum atomic E-state index is -1.39. The van der Waals surface area contributed by atoms with E-state index in [0.29, 0.717) is 5.85 Å². The maximum atomic E-state index is 5.86. The maximum absolute atomic E-state index is 5.86. The van der Waals surface area contributed by atoms with Gasteiger partial charge >= 0.3 is 0 Å². The van der Waals surface area contributed by atoms with Gasteiger partial charge in [0.1, 0.15) is 5.85 Å². The minimum Gasteiger partial charge on any atom is -0.360 e. The Kier molecular flexibility index (Phi) is 1.75. The van der Waals surface area contributed by atoms with Gasteiger partial charge in [-0.05, 0) is 24.8 Å². The molecule has 2 saturated heterocycles. The van der Waals surface area contributed by atoms with E-state index in [1.165, 1.54) is 11.5 Å². The molecule has 2 heterocycles. The molecule has 14 heavy (non-hydrogen) atoms.